The Morgan fingerprint density at radius 3 is 2.52 bits per heavy atom. The van der Waals surface area contributed by atoms with Crippen LogP contribution >= 0.6 is 0 Å². The molecule has 0 aromatic heterocycles. The number of carbonyl (C=O) groups excluding carboxylic acids is 2. The van der Waals surface area contributed by atoms with Crippen molar-refractivity contribution < 1.29 is 22.4 Å². The molecular formula is C24H20FN3O4S. The molecule has 0 unspecified atom stereocenters. The lowest BCUT2D eigenvalue weighted by Gasteiger charge is -2.31. The van der Waals surface area contributed by atoms with Gasteiger partial charge in [-0.2, -0.15) is 0 Å². The van der Waals surface area contributed by atoms with Crippen LogP contribution < -0.4 is 14.9 Å². The van der Waals surface area contributed by atoms with E-state index in [9.17, 15) is 22.4 Å². The summed E-state index contributed by atoms with van der Waals surface area (Å²) in [6.07, 6.45) is 1.53. The van der Waals surface area contributed by atoms with Crippen LogP contribution in [-0.4, -0.2) is 33.3 Å². The summed E-state index contributed by atoms with van der Waals surface area (Å²) in [5.41, 5.74) is 1.40. The van der Waals surface area contributed by atoms with E-state index in [1.165, 1.54) is 24.3 Å². The first-order chi connectivity index (χ1) is 15.8. The Morgan fingerprint density at radius 2 is 1.73 bits per heavy atom. The summed E-state index contributed by atoms with van der Waals surface area (Å²) in [4.78, 5) is 25.3. The number of hydrogen-bond acceptors (Lipinski definition) is 4. The Bertz CT molecular complexity index is 1370. The molecule has 2 amide bonds. The highest BCUT2D eigenvalue weighted by atomic mass is 32.2. The number of fused-ring (bicyclic) bond motifs is 3. The second-order valence-corrected chi connectivity index (χ2v) is 9.09. The number of para-hydroxylation sites is 1. The summed E-state index contributed by atoms with van der Waals surface area (Å²) in [6.45, 7) is 3.24. The first-order valence-corrected chi connectivity index (χ1v) is 11.5. The summed E-state index contributed by atoms with van der Waals surface area (Å²) in [7, 11) is -4.08. The summed E-state index contributed by atoms with van der Waals surface area (Å²) >= 11 is 0. The van der Waals surface area contributed by atoms with Gasteiger partial charge >= 0.3 is 0 Å². The van der Waals surface area contributed by atoms with Crippen LogP contribution in [-0.2, 0) is 14.8 Å². The normalized spacial score (nSPS) is 13.4. The molecule has 33 heavy (non-hydrogen) atoms. The molecule has 0 bridgehead atoms. The van der Waals surface area contributed by atoms with Crippen LogP contribution in [0.25, 0.3) is 11.1 Å². The Kier molecular flexibility index (Phi) is 5.97. The second-order valence-electron chi connectivity index (χ2n) is 7.26. The van der Waals surface area contributed by atoms with Gasteiger partial charge < -0.3 is 10.6 Å². The fraction of sp³-hybridized carbons (Fsp3) is 0.0833. The number of anilines is 2. The molecule has 0 radical (unpaired) electrons. The molecule has 7 nitrogen and oxygen atoms in total. The highest BCUT2D eigenvalue weighted by Gasteiger charge is 2.36. The topological polar surface area (TPSA) is 95.6 Å². The number of rotatable bonds is 6. The Labute approximate surface area is 190 Å². The van der Waals surface area contributed by atoms with Gasteiger partial charge in [0.15, 0.2) is 0 Å². The molecule has 3 aromatic carbocycles. The van der Waals surface area contributed by atoms with Gasteiger partial charge in [-0.15, -0.1) is 6.58 Å². The van der Waals surface area contributed by atoms with Gasteiger partial charge in [-0.25, -0.2) is 12.8 Å². The molecule has 3 aromatic rings. The van der Waals surface area contributed by atoms with Crippen LogP contribution in [0.5, 0.6) is 0 Å². The maximum absolute atomic E-state index is 14.0. The number of hydrogen-bond donors (Lipinski definition) is 2. The third-order valence-electron chi connectivity index (χ3n) is 5.11. The molecule has 1 aliphatic heterocycles. The Hall–Kier alpha value is -3.98. The van der Waals surface area contributed by atoms with E-state index >= 15 is 0 Å². The molecule has 0 spiro atoms. The highest BCUT2D eigenvalue weighted by Crippen LogP contribution is 2.43. The number of amides is 2. The van der Waals surface area contributed by atoms with Gasteiger partial charge in [-0.3, -0.25) is 13.9 Å². The standard InChI is InChI=1S/C24H20FN3O4S/c1-2-13-26-24(30)18-8-3-5-9-20(18)27-23(29)15-28-21-12-11-16(25)14-19(21)17-7-4-6-10-22(17)33(28,31)32/h2-12,14H,1,13,15H2,(H,26,30)(H,27,29). The van der Waals surface area contributed by atoms with Gasteiger partial charge in [0.05, 0.1) is 21.8 Å². The van der Waals surface area contributed by atoms with Crippen molar-refractivity contribution in [1.29, 1.82) is 0 Å². The van der Waals surface area contributed by atoms with E-state index in [2.05, 4.69) is 17.2 Å². The summed E-state index contributed by atoms with van der Waals surface area (Å²) in [5, 5.41) is 5.25. The average Bonchev–Trinajstić information content (AvgIpc) is 2.81. The van der Waals surface area contributed by atoms with Gasteiger partial charge in [-0.1, -0.05) is 36.4 Å². The van der Waals surface area contributed by atoms with Crippen molar-refractivity contribution in [2.24, 2.45) is 0 Å². The summed E-state index contributed by atoms with van der Waals surface area (Å²) in [5.74, 6) is -1.59. The van der Waals surface area contributed by atoms with Crippen LogP contribution in [0.1, 0.15) is 10.4 Å². The smallest absolute Gasteiger partial charge is 0.265 e. The Morgan fingerprint density at radius 1 is 1.00 bits per heavy atom. The number of halogens is 1. The van der Waals surface area contributed by atoms with E-state index in [0.717, 1.165) is 10.4 Å². The molecule has 9 heteroatoms. The van der Waals surface area contributed by atoms with Crippen LogP contribution in [0.2, 0.25) is 0 Å². The van der Waals surface area contributed by atoms with E-state index in [1.54, 1.807) is 42.5 Å². The van der Waals surface area contributed by atoms with E-state index in [0.29, 0.717) is 11.1 Å². The van der Waals surface area contributed by atoms with E-state index in [-0.39, 0.29) is 28.4 Å². The summed E-state index contributed by atoms with van der Waals surface area (Å²) < 4.78 is 41.5. The molecule has 1 heterocycles. The molecule has 4 rings (SSSR count). The van der Waals surface area contributed by atoms with Crippen molar-refractivity contribution in [1.82, 2.24) is 5.32 Å². The molecule has 0 aliphatic carbocycles. The van der Waals surface area contributed by atoms with Gasteiger partial charge in [0.1, 0.15) is 12.4 Å². The van der Waals surface area contributed by atoms with Gasteiger partial charge in [-0.05, 0) is 36.4 Å². The zero-order chi connectivity index (χ0) is 23.6. The van der Waals surface area contributed by atoms with E-state index in [4.69, 9.17) is 0 Å². The van der Waals surface area contributed by atoms with Crippen LogP contribution in [0.3, 0.4) is 0 Å². The number of carbonyl (C=O) groups is 2. The monoisotopic (exact) mass is 465 g/mol. The van der Waals surface area contributed by atoms with E-state index in [1.807, 2.05) is 0 Å². The van der Waals surface area contributed by atoms with Crippen molar-refractivity contribution in [3.05, 3.63) is 90.8 Å². The lowest BCUT2D eigenvalue weighted by atomic mass is 10.0. The third kappa shape index (κ3) is 4.22. The van der Waals surface area contributed by atoms with Crippen LogP contribution in [0.15, 0.2) is 84.3 Å². The van der Waals surface area contributed by atoms with Gasteiger partial charge in [0.25, 0.3) is 15.9 Å². The highest BCUT2D eigenvalue weighted by molar-refractivity contribution is 7.93. The van der Waals surface area contributed by atoms with Gasteiger partial charge in [0, 0.05) is 17.7 Å². The number of sulfonamides is 1. The van der Waals surface area contributed by atoms with Gasteiger partial charge in [0.2, 0.25) is 5.91 Å². The maximum Gasteiger partial charge on any atom is 0.265 e. The molecule has 2 N–H and O–H groups in total. The number of benzene rings is 3. The number of nitrogens with one attached hydrogen (secondary N) is 2. The second kappa shape index (κ2) is 8.87. The maximum atomic E-state index is 14.0. The van der Waals surface area contributed by atoms with Crippen molar-refractivity contribution in [3.8, 4) is 11.1 Å². The van der Waals surface area contributed by atoms with E-state index < -0.39 is 34.2 Å². The third-order valence-corrected chi connectivity index (χ3v) is 6.93. The fourth-order valence-corrected chi connectivity index (χ4v) is 5.29. The molecule has 0 saturated heterocycles. The molecule has 168 valence electrons. The van der Waals surface area contributed by atoms with Crippen molar-refractivity contribution in [3.63, 3.8) is 0 Å². The van der Waals surface area contributed by atoms with Crippen molar-refractivity contribution in [2.75, 3.05) is 22.7 Å². The molecule has 0 atom stereocenters. The average molecular weight is 466 g/mol. The lowest BCUT2D eigenvalue weighted by molar-refractivity contribution is -0.114. The quantitative estimate of drug-likeness (QED) is 0.544. The minimum absolute atomic E-state index is 0.0138. The predicted molar refractivity (Wildman–Crippen MR) is 124 cm³/mol. The minimum Gasteiger partial charge on any atom is -0.349 e. The lowest BCUT2D eigenvalue weighted by Crippen LogP contribution is -2.40. The number of nitrogens with zero attached hydrogens (tertiary/aromatic N) is 1. The first kappa shape index (κ1) is 22.2. The van der Waals surface area contributed by atoms with Crippen LogP contribution in [0, 0.1) is 5.82 Å². The van der Waals surface area contributed by atoms with Crippen molar-refractivity contribution in [2.45, 2.75) is 4.90 Å². The Balaban J connectivity index is 1.66. The SMILES string of the molecule is C=CCNC(=O)c1ccccc1NC(=O)CN1c2ccc(F)cc2-c2ccccc2S1(=O)=O. The molecular weight excluding hydrogens is 445 g/mol. The summed E-state index contributed by atoms with van der Waals surface area (Å²) in [6, 6.07) is 16.4. The zero-order valence-corrected chi connectivity index (χ0v) is 18.2. The molecule has 1 aliphatic rings. The minimum atomic E-state index is -4.08. The van der Waals surface area contributed by atoms with Crippen molar-refractivity contribution >= 4 is 33.2 Å². The first-order valence-electron chi connectivity index (χ1n) is 10.0. The molecule has 0 saturated carbocycles. The molecule has 0 fully saturated rings. The predicted octanol–water partition coefficient (Wildman–Crippen LogP) is 3.56. The fourth-order valence-electron chi connectivity index (χ4n) is 3.64. The largest absolute Gasteiger partial charge is 0.349 e. The van der Waals surface area contributed by atoms with Crippen LogP contribution in [0.4, 0.5) is 15.8 Å². The zero-order valence-electron chi connectivity index (χ0n) is 17.4.